The highest BCUT2D eigenvalue weighted by atomic mass is 35.5. The fourth-order valence-corrected chi connectivity index (χ4v) is 1.93. The van der Waals surface area contributed by atoms with E-state index >= 15 is 0 Å². The minimum Gasteiger partial charge on any atom is -0.339 e. The first-order valence-electron chi connectivity index (χ1n) is 3.85. The molecule has 1 heterocycles. The summed E-state index contributed by atoms with van der Waals surface area (Å²) in [6.45, 7) is 0.901. The van der Waals surface area contributed by atoms with E-state index in [0.717, 1.165) is 16.2 Å². The Morgan fingerprint density at radius 1 is 1.57 bits per heavy atom. The predicted molar refractivity (Wildman–Crippen MR) is 51.1 cm³/mol. The molecule has 14 heavy (non-hydrogen) atoms. The second-order valence-electron chi connectivity index (χ2n) is 2.58. The predicted octanol–water partition coefficient (Wildman–Crippen LogP) is 3.19. The lowest BCUT2D eigenvalue weighted by atomic mass is 10.5. The average Bonchev–Trinajstić information content (AvgIpc) is 2.46. The van der Waals surface area contributed by atoms with Gasteiger partial charge in [-0.25, -0.2) is 4.98 Å². The van der Waals surface area contributed by atoms with Crippen molar-refractivity contribution < 1.29 is 13.2 Å². The van der Waals surface area contributed by atoms with Crippen LogP contribution in [0.15, 0.2) is 5.38 Å². The summed E-state index contributed by atoms with van der Waals surface area (Å²) in [4.78, 5) is 4.91. The SMILES string of the molecule is CCN(CC(F)(F)F)c1nc(Cl)cs1. The van der Waals surface area contributed by atoms with Gasteiger partial charge in [-0.3, -0.25) is 0 Å². The van der Waals surface area contributed by atoms with E-state index in [1.54, 1.807) is 6.92 Å². The van der Waals surface area contributed by atoms with Gasteiger partial charge in [0.05, 0.1) is 0 Å². The Kier molecular flexibility index (Phi) is 3.60. The molecule has 0 N–H and O–H groups in total. The highest BCUT2D eigenvalue weighted by Crippen LogP contribution is 2.26. The van der Waals surface area contributed by atoms with E-state index in [9.17, 15) is 13.2 Å². The molecule has 0 saturated carbocycles. The van der Waals surface area contributed by atoms with Gasteiger partial charge in [-0.1, -0.05) is 11.6 Å². The molecule has 0 bridgehead atoms. The molecule has 0 aromatic carbocycles. The Morgan fingerprint density at radius 3 is 2.57 bits per heavy atom. The maximum atomic E-state index is 12.1. The van der Waals surface area contributed by atoms with Crippen LogP contribution in [0.3, 0.4) is 0 Å². The van der Waals surface area contributed by atoms with Crippen LogP contribution in [0.1, 0.15) is 6.92 Å². The van der Waals surface area contributed by atoms with Crippen molar-refractivity contribution in [1.82, 2.24) is 4.98 Å². The molecule has 0 saturated heterocycles. The van der Waals surface area contributed by atoms with E-state index in [-0.39, 0.29) is 11.7 Å². The van der Waals surface area contributed by atoms with Gasteiger partial charge in [-0.15, -0.1) is 11.3 Å². The summed E-state index contributed by atoms with van der Waals surface area (Å²) in [7, 11) is 0. The van der Waals surface area contributed by atoms with Crippen LogP contribution in [0.25, 0.3) is 0 Å². The summed E-state index contributed by atoms with van der Waals surface area (Å²) in [5.74, 6) is 0. The first kappa shape index (κ1) is 11.6. The van der Waals surface area contributed by atoms with Crippen LogP contribution in [0.2, 0.25) is 5.15 Å². The first-order chi connectivity index (χ1) is 6.42. The van der Waals surface area contributed by atoms with Gasteiger partial charge in [0.15, 0.2) is 5.13 Å². The highest BCUT2D eigenvalue weighted by Gasteiger charge is 2.31. The molecule has 0 aliphatic heterocycles. The lowest BCUT2D eigenvalue weighted by Crippen LogP contribution is -2.33. The molecular formula is C7H8ClF3N2S. The van der Waals surface area contributed by atoms with Crippen molar-refractivity contribution in [3.63, 3.8) is 0 Å². The molecule has 0 spiro atoms. The van der Waals surface area contributed by atoms with Gasteiger partial charge in [0, 0.05) is 11.9 Å². The van der Waals surface area contributed by atoms with E-state index in [4.69, 9.17) is 11.6 Å². The minimum atomic E-state index is -4.21. The van der Waals surface area contributed by atoms with Gasteiger partial charge >= 0.3 is 6.18 Å². The lowest BCUT2D eigenvalue weighted by molar-refractivity contribution is -0.119. The van der Waals surface area contributed by atoms with Gasteiger partial charge in [-0.2, -0.15) is 13.2 Å². The molecule has 7 heteroatoms. The number of hydrogen-bond acceptors (Lipinski definition) is 3. The molecular weight excluding hydrogens is 237 g/mol. The van der Waals surface area contributed by atoms with Gasteiger partial charge in [-0.05, 0) is 6.92 Å². The van der Waals surface area contributed by atoms with Crippen molar-refractivity contribution in [3.8, 4) is 0 Å². The first-order valence-corrected chi connectivity index (χ1v) is 5.11. The number of hydrogen-bond donors (Lipinski definition) is 0. The number of nitrogens with zero attached hydrogens (tertiary/aromatic N) is 2. The zero-order chi connectivity index (χ0) is 10.8. The average molecular weight is 245 g/mol. The van der Waals surface area contributed by atoms with E-state index in [0.29, 0.717) is 5.13 Å². The topological polar surface area (TPSA) is 16.1 Å². The Labute approximate surface area is 88.3 Å². The number of rotatable bonds is 3. The molecule has 0 unspecified atom stereocenters. The maximum absolute atomic E-state index is 12.1. The smallest absolute Gasteiger partial charge is 0.339 e. The van der Waals surface area contributed by atoms with Crippen molar-refractivity contribution in [1.29, 1.82) is 0 Å². The van der Waals surface area contributed by atoms with Crippen LogP contribution in [0.4, 0.5) is 18.3 Å². The Bertz CT molecular complexity index is 299. The number of halogens is 4. The van der Waals surface area contributed by atoms with Crippen LogP contribution in [-0.4, -0.2) is 24.2 Å². The summed E-state index contributed by atoms with van der Waals surface area (Å²) < 4.78 is 36.3. The second kappa shape index (κ2) is 4.35. The van der Waals surface area contributed by atoms with E-state index in [1.807, 2.05) is 0 Å². The number of alkyl halides is 3. The maximum Gasteiger partial charge on any atom is 0.406 e. The van der Waals surface area contributed by atoms with Crippen LogP contribution in [-0.2, 0) is 0 Å². The largest absolute Gasteiger partial charge is 0.406 e. The van der Waals surface area contributed by atoms with E-state index in [1.165, 1.54) is 5.38 Å². The Morgan fingerprint density at radius 2 is 2.21 bits per heavy atom. The molecule has 0 aliphatic carbocycles. The van der Waals surface area contributed by atoms with Gasteiger partial charge in [0.25, 0.3) is 0 Å². The van der Waals surface area contributed by atoms with Gasteiger partial charge in [0.1, 0.15) is 11.7 Å². The highest BCUT2D eigenvalue weighted by molar-refractivity contribution is 7.14. The third-order valence-electron chi connectivity index (χ3n) is 1.49. The number of thiazole rings is 1. The third kappa shape index (κ3) is 3.34. The molecule has 2 nitrogen and oxygen atoms in total. The Hall–Kier alpha value is -0.490. The second-order valence-corrected chi connectivity index (χ2v) is 3.81. The lowest BCUT2D eigenvalue weighted by Gasteiger charge is -2.20. The fraction of sp³-hybridized carbons (Fsp3) is 0.571. The van der Waals surface area contributed by atoms with Crippen LogP contribution < -0.4 is 4.90 Å². The summed E-state index contributed by atoms with van der Waals surface area (Å²) in [5.41, 5.74) is 0. The molecule has 80 valence electrons. The number of anilines is 1. The standard InChI is InChI=1S/C7H8ClF3N2S/c1-2-13(4-7(9,10)11)6-12-5(8)3-14-6/h3H,2,4H2,1H3. The van der Waals surface area contributed by atoms with Crippen LogP contribution in [0, 0.1) is 0 Å². The molecule has 0 amide bonds. The van der Waals surface area contributed by atoms with Gasteiger partial charge < -0.3 is 4.90 Å². The minimum absolute atomic E-state index is 0.227. The Balaban J connectivity index is 2.72. The quantitative estimate of drug-likeness (QED) is 0.812. The summed E-state index contributed by atoms with van der Waals surface area (Å²) in [6.07, 6.45) is -4.21. The molecule has 0 radical (unpaired) electrons. The van der Waals surface area contributed by atoms with Crippen molar-refractivity contribution in [2.24, 2.45) is 0 Å². The zero-order valence-corrected chi connectivity index (χ0v) is 8.88. The summed E-state index contributed by atoms with van der Waals surface area (Å²) >= 11 is 6.63. The molecule has 1 aromatic heterocycles. The fourth-order valence-electron chi connectivity index (χ4n) is 0.922. The normalized spacial score (nSPS) is 11.8. The third-order valence-corrected chi connectivity index (χ3v) is 2.71. The summed E-state index contributed by atoms with van der Waals surface area (Å²) in [6, 6.07) is 0. The van der Waals surface area contributed by atoms with E-state index in [2.05, 4.69) is 4.98 Å². The molecule has 0 fully saturated rings. The van der Waals surface area contributed by atoms with Crippen molar-refractivity contribution in [3.05, 3.63) is 10.5 Å². The van der Waals surface area contributed by atoms with Crippen molar-refractivity contribution >= 4 is 28.1 Å². The van der Waals surface area contributed by atoms with Crippen molar-refractivity contribution in [2.75, 3.05) is 18.0 Å². The van der Waals surface area contributed by atoms with Crippen molar-refractivity contribution in [2.45, 2.75) is 13.1 Å². The molecule has 1 rings (SSSR count). The monoisotopic (exact) mass is 244 g/mol. The summed E-state index contributed by atoms with van der Waals surface area (Å²) in [5, 5.41) is 2.04. The van der Waals surface area contributed by atoms with E-state index < -0.39 is 12.7 Å². The number of aromatic nitrogens is 1. The van der Waals surface area contributed by atoms with Crippen LogP contribution in [0.5, 0.6) is 0 Å². The van der Waals surface area contributed by atoms with Crippen LogP contribution >= 0.6 is 22.9 Å². The molecule has 1 aromatic rings. The van der Waals surface area contributed by atoms with Gasteiger partial charge in [0.2, 0.25) is 0 Å². The zero-order valence-electron chi connectivity index (χ0n) is 7.31. The molecule has 0 atom stereocenters. The molecule has 0 aliphatic rings.